The van der Waals surface area contributed by atoms with Crippen molar-refractivity contribution >= 4 is 5.78 Å². The summed E-state index contributed by atoms with van der Waals surface area (Å²) in [7, 11) is 0. The van der Waals surface area contributed by atoms with Crippen LogP contribution in [0.1, 0.15) is 44.6 Å². The molecule has 4 atom stereocenters. The highest BCUT2D eigenvalue weighted by atomic mass is 16.7. The minimum atomic E-state index is -0.264. The van der Waals surface area contributed by atoms with Crippen LogP contribution in [0, 0.1) is 17.3 Å². The number of ketones is 1. The molecule has 3 aliphatic heterocycles. The Hall–Kier alpha value is -1.69. The van der Waals surface area contributed by atoms with Gasteiger partial charge < -0.3 is 19.1 Å². The van der Waals surface area contributed by atoms with Crippen LogP contribution in [-0.2, 0) is 25.6 Å². The van der Waals surface area contributed by atoms with Crippen LogP contribution in [0.25, 0.3) is 0 Å². The van der Waals surface area contributed by atoms with Crippen molar-refractivity contribution < 1.29 is 19.0 Å². The van der Waals surface area contributed by atoms with E-state index in [1.54, 1.807) is 0 Å². The summed E-state index contributed by atoms with van der Waals surface area (Å²) in [6.07, 6.45) is 6.46. The van der Waals surface area contributed by atoms with Crippen molar-refractivity contribution in [2.45, 2.75) is 58.0 Å². The third-order valence-electron chi connectivity index (χ3n) is 7.65. The molecule has 1 aliphatic carbocycles. The van der Waals surface area contributed by atoms with Crippen molar-refractivity contribution in [3.8, 4) is 0 Å². The van der Waals surface area contributed by atoms with Gasteiger partial charge in [-0.05, 0) is 43.1 Å². The molecule has 3 fully saturated rings. The second kappa shape index (κ2) is 8.45. The van der Waals surface area contributed by atoms with E-state index in [-0.39, 0.29) is 11.7 Å². The summed E-state index contributed by atoms with van der Waals surface area (Å²) in [5.74, 6) is 1.63. The lowest BCUT2D eigenvalue weighted by atomic mass is 9.69. The Bertz CT molecular complexity index is 788. The number of hydrogen-bond acceptors (Lipinski definition) is 5. The van der Waals surface area contributed by atoms with Gasteiger partial charge in [-0.3, -0.25) is 4.79 Å². The molecular weight excluding hydrogens is 378 g/mol. The lowest BCUT2D eigenvalue weighted by Crippen LogP contribution is -2.50. The number of nitrogens with zero attached hydrogens (tertiary/aromatic N) is 1. The molecule has 0 spiro atoms. The van der Waals surface area contributed by atoms with E-state index < -0.39 is 0 Å². The zero-order valence-corrected chi connectivity index (χ0v) is 17.9. The molecule has 1 saturated carbocycles. The van der Waals surface area contributed by atoms with Crippen LogP contribution >= 0.6 is 0 Å². The number of rotatable bonds is 8. The first kappa shape index (κ1) is 20.2. The average molecular weight is 412 g/mol. The van der Waals surface area contributed by atoms with Crippen molar-refractivity contribution in [3.05, 3.63) is 47.7 Å². The Morgan fingerprint density at radius 2 is 2.00 bits per heavy atom. The van der Waals surface area contributed by atoms with E-state index in [9.17, 15) is 4.79 Å². The SMILES string of the molecule is C[C@@H]1CN2C=C(CC3OCCO3)C(=O)[C@]3(CCCOCc4ccccc4)CCC1[C@H]23. The molecule has 5 rings (SSSR count). The van der Waals surface area contributed by atoms with Gasteiger partial charge in [-0.1, -0.05) is 37.3 Å². The fraction of sp³-hybridized carbons (Fsp3) is 0.640. The number of ether oxygens (including phenoxy) is 3. The average Bonchev–Trinajstić information content (AvgIpc) is 3.47. The smallest absolute Gasteiger partial charge is 0.168 e. The summed E-state index contributed by atoms with van der Waals surface area (Å²) in [6, 6.07) is 10.6. The third-order valence-corrected chi connectivity index (χ3v) is 7.65. The highest BCUT2D eigenvalue weighted by molar-refractivity contribution is 6.01. The normalized spacial score (nSPS) is 33.2. The van der Waals surface area contributed by atoms with Gasteiger partial charge in [0, 0.05) is 37.4 Å². The fourth-order valence-corrected chi connectivity index (χ4v) is 6.33. The monoisotopic (exact) mass is 411 g/mol. The van der Waals surface area contributed by atoms with Crippen LogP contribution in [0.15, 0.2) is 42.1 Å². The highest BCUT2D eigenvalue weighted by Crippen LogP contribution is 2.57. The summed E-state index contributed by atoms with van der Waals surface area (Å²) in [4.78, 5) is 16.3. The van der Waals surface area contributed by atoms with E-state index in [2.05, 4.69) is 30.2 Å². The van der Waals surface area contributed by atoms with E-state index in [0.717, 1.165) is 37.8 Å². The Labute approximate surface area is 179 Å². The van der Waals surface area contributed by atoms with E-state index in [4.69, 9.17) is 14.2 Å². The number of benzene rings is 1. The summed E-state index contributed by atoms with van der Waals surface area (Å²) in [5.41, 5.74) is 1.84. The molecule has 1 unspecified atom stereocenters. The first-order valence-electron chi connectivity index (χ1n) is 11.5. The quantitative estimate of drug-likeness (QED) is 0.607. The van der Waals surface area contributed by atoms with Crippen molar-refractivity contribution in [3.63, 3.8) is 0 Å². The summed E-state index contributed by atoms with van der Waals surface area (Å²) in [6.45, 7) is 6.00. The van der Waals surface area contributed by atoms with Gasteiger partial charge in [-0.15, -0.1) is 0 Å². The summed E-state index contributed by atoms with van der Waals surface area (Å²) in [5, 5.41) is 0. The predicted octanol–water partition coefficient (Wildman–Crippen LogP) is 3.93. The van der Waals surface area contributed by atoms with Gasteiger partial charge in [0.1, 0.15) is 0 Å². The number of Topliss-reactive ketones (excluding diaryl/α,β-unsaturated/α-hetero) is 1. The fourth-order valence-electron chi connectivity index (χ4n) is 6.33. The predicted molar refractivity (Wildman–Crippen MR) is 114 cm³/mol. The molecule has 2 saturated heterocycles. The third kappa shape index (κ3) is 3.61. The molecule has 4 aliphatic rings. The molecule has 0 N–H and O–H groups in total. The van der Waals surface area contributed by atoms with Gasteiger partial charge in [0.2, 0.25) is 0 Å². The lowest BCUT2D eigenvalue weighted by molar-refractivity contribution is -0.131. The topological polar surface area (TPSA) is 48.0 Å². The van der Waals surface area contributed by atoms with Crippen LogP contribution in [-0.4, -0.2) is 49.4 Å². The standard InChI is InChI=1S/C25H33NO4/c1-18-15-26-16-20(14-22-29-12-13-30-22)24(27)25(10-8-21(18)23(25)26)9-5-11-28-17-19-6-3-2-4-7-19/h2-4,6-7,16,18,21-23H,5,8-15,17H2,1H3/t18-,21?,23+,25-/m1/s1. The number of hydrogen-bond donors (Lipinski definition) is 0. The van der Waals surface area contributed by atoms with Crippen LogP contribution in [0.3, 0.4) is 0 Å². The van der Waals surface area contributed by atoms with Crippen molar-refractivity contribution in [1.29, 1.82) is 0 Å². The zero-order chi connectivity index (χ0) is 20.6. The Balaban J connectivity index is 1.26. The van der Waals surface area contributed by atoms with Gasteiger partial charge in [-0.2, -0.15) is 0 Å². The minimum absolute atomic E-state index is 0.256. The number of carbonyl (C=O) groups excluding carboxylic acids is 1. The molecule has 0 bridgehead atoms. The molecular formula is C25H33NO4. The maximum atomic E-state index is 13.8. The van der Waals surface area contributed by atoms with Gasteiger partial charge >= 0.3 is 0 Å². The van der Waals surface area contributed by atoms with Crippen LogP contribution in [0.4, 0.5) is 0 Å². The molecule has 0 aromatic heterocycles. The lowest BCUT2D eigenvalue weighted by Gasteiger charge is -2.43. The van der Waals surface area contributed by atoms with Gasteiger partial charge in [0.15, 0.2) is 12.1 Å². The second-order valence-electron chi connectivity index (χ2n) is 9.48. The zero-order valence-electron chi connectivity index (χ0n) is 17.9. The molecule has 5 heteroatoms. The summed E-state index contributed by atoms with van der Waals surface area (Å²) >= 11 is 0. The molecule has 1 aromatic carbocycles. The first-order chi connectivity index (χ1) is 14.7. The molecule has 30 heavy (non-hydrogen) atoms. The number of carbonyl (C=O) groups is 1. The largest absolute Gasteiger partial charge is 0.377 e. The Kier molecular flexibility index (Phi) is 5.69. The van der Waals surface area contributed by atoms with Gasteiger partial charge in [-0.25, -0.2) is 0 Å². The van der Waals surface area contributed by atoms with Crippen LogP contribution < -0.4 is 0 Å². The molecule has 0 amide bonds. The Morgan fingerprint density at radius 3 is 2.80 bits per heavy atom. The molecule has 162 valence electrons. The summed E-state index contributed by atoms with van der Waals surface area (Å²) < 4.78 is 17.2. The van der Waals surface area contributed by atoms with E-state index in [1.165, 1.54) is 5.56 Å². The highest BCUT2D eigenvalue weighted by Gasteiger charge is 2.61. The van der Waals surface area contributed by atoms with E-state index in [1.807, 2.05) is 18.2 Å². The van der Waals surface area contributed by atoms with Gasteiger partial charge in [0.05, 0.1) is 25.2 Å². The van der Waals surface area contributed by atoms with E-state index in [0.29, 0.717) is 56.5 Å². The first-order valence-corrected chi connectivity index (χ1v) is 11.5. The minimum Gasteiger partial charge on any atom is -0.377 e. The van der Waals surface area contributed by atoms with Gasteiger partial charge in [0.25, 0.3) is 0 Å². The molecule has 1 aromatic rings. The van der Waals surface area contributed by atoms with Crippen molar-refractivity contribution in [2.24, 2.45) is 17.3 Å². The second-order valence-corrected chi connectivity index (χ2v) is 9.48. The molecule has 3 heterocycles. The molecule has 0 radical (unpaired) electrons. The maximum absolute atomic E-state index is 13.8. The van der Waals surface area contributed by atoms with Crippen molar-refractivity contribution in [2.75, 3.05) is 26.4 Å². The Morgan fingerprint density at radius 1 is 1.20 bits per heavy atom. The maximum Gasteiger partial charge on any atom is 0.168 e. The molecule has 5 nitrogen and oxygen atoms in total. The van der Waals surface area contributed by atoms with Crippen LogP contribution in [0.2, 0.25) is 0 Å². The van der Waals surface area contributed by atoms with E-state index >= 15 is 0 Å². The van der Waals surface area contributed by atoms with Crippen LogP contribution in [0.5, 0.6) is 0 Å². The van der Waals surface area contributed by atoms with Crippen molar-refractivity contribution in [1.82, 2.24) is 4.90 Å².